The topological polar surface area (TPSA) is 18.5 Å². The number of aryl methyl sites for hydroxylation is 4. The largest absolute Gasteiger partial charge is 0.496 e. The molecule has 0 spiro atoms. The van der Waals surface area contributed by atoms with Crippen molar-refractivity contribution in [2.45, 2.75) is 34.1 Å². The van der Waals surface area contributed by atoms with Gasteiger partial charge in [0.2, 0.25) is 0 Å². The fourth-order valence-corrected chi connectivity index (χ4v) is 2.69. The predicted octanol–water partition coefficient (Wildman–Crippen LogP) is 4.53. The summed E-state index contributed by atoms with van der Waals surface area (Å²) < 4.78 is 10.9. The SMILES string of the molecule is COc1cc(OC)c(Cc2cc(C)c(C)cc2C)cc1C. The quantitative estimate of drug-likeness (QED) is 0.821. The molecule has 0 aliphatic carbocycles. The Morgan fingerprint density at radius 3 is 1.81 bits per heavy atom. The van der Waals surface area contributed by atoms with E-state index in [1.54, 1.807) is 14.2 Å². The number of benzene rings is 2. The third kappa shape index (κ3) is 3.21. The highest BCUT2D eigenvalue weighted by Crippen LogP contribution is 2.31. The molecule has 0 atom stereocenters. The van der Waals surface area contributed by atoms with Gasteiger partial charge in [-0.1, -0.05) is 12.1 Å². The van der Waals surface area contributed by atoms with E-state index in [1.807, 2.05) is 6.07 Å². The van der Waals surface area contributed by atoms with Crippen LogP contribution in [0.5, 0.6) is 11.5 Å². The predicted molar refractivity (Wildman–Crippen MR) is 87.7 cm³/mol. The minimum Gasteiger partial charge on any atom is -0.496 e. The van der Waals surface area contributed by atoms with Crippen LogP contribution < -0.4 is 9.47 Å². The summed E-state index contributed by atoms with van der Waals surface area (Å²) in [6, 6.07) is 8.67. The van der Waals surface area contributed by atoms with Crippen molar-refractivity contribution >= 4 is 0 Å². The molecule has 0 saturated heterocycles. The standard InChI is InChI=1S/C19H24O2/c1-12-7-14(3)16(8-13(12)2)10-17-9-15(4)18(20-5)11-19(17)21-6/h7-9,11H,10H2,1-6H3. The lowest BCUT2D eigenvalue weighted by Gasteiger charge is -2.15. The van der Waals surface area contributed by atoms with E-state index in [2.05, 4.69) is 45.9 Å². The molecular formula is C19H24O2. The van der Waals surface area contributed by atoms with Crippen molar-refractivity contribution in [1.82, 2.24) is 0 Å². The van der Waals surface area contributed by atoms with Crippen LogP contribution in [0.4, 0.5) is 0 Å². The fourth-order valence-electron chi connectivity index (χ4n) is 2.69. The van der Waals surface area contributed by atoms with Crippen molar-refractivity contribution in [3.05, 3.63) is 57.6 Å². The molecule has 0 amide bonds. The first kappa shape index (κ1) is 15.4. The number of hydrogen-bond donors (Lipinski definition) is 0. The van der Waals surface area contributed by atoms with E-state index in [9.17, 15) is 0 Å². The zero-order chi connectivity index (χ0) is 15.6. The van der Waals surface area contributed by atoms with E-state index in [0.717, 1.165) is 23.5 Å². The summed E-state index contributed by atoms with van der Waals surface area (Å²) in [6.07, 6.45) is 0.876. The first-order valence-electron chi connectivity index (χ1n) is 7.24. The molecule has 2 rings (SSSR count). The zero-order valence-electron chi connectivity index (χ0n) is 13.8. The molecular weight excluding hydrogens is 260 g/mol. The molecule has 21 heavy (non-hydrogen) atoms. The lowest BCUT2D eigenvalue weighted by molar-refractivity contribution is 0.389. The van der Waals surface area contributed by atoms with E-state index >= 15 is 0 Å². The molecule has 2 aromatic rings. The lowest BCUT2D eigenvalue weighted by Crippen LogP contribution is -1.99. The van der Waals surface area contributed by atoms with E-state index in [4.69, 9.17) is 9.47 Å². The maximum atomic E-state index is 5.53. The van der Waals surface area contributed by atoms with E-state index in [0.29, 0.717) is 0 Å². The van der Waals surface area contributed by atoms with Gasteiger partial charge in [-0.25, -0.2) is 0 Å². The molecule has 0 aromatic heterocycles. The van der Waals surface area contributed by atoms with Crippen LogP contribution in [0.15, 0.2) is 24.3 Å². The molecule has 0 fully saturated rings. The first-order chi connectivity index (χ1) is 9.96. The Kier molecular flexibility index (Phi) is 4.56. The average molecular weight is 284 g/mol. The molecule has 2 heteroatoms. The molecule has 0 heterocycles. The summed E-state index contributed by atoms with van der Waals surface area (Å²) in [5.41, 5.74) is 7.68. The van der Waals surface area contributed by atoms with Crippen LogP contribution in [-0.2, 0) is 6.42 Å². The van der Waals surface area contributed by atoms with Gasteiger partial charge in [-0.15, -0.1) is 0 Å². The van der Waals surface area contributed by atoms with Gasteiger partial charge in [0.25, 0.3) is 0 Å². The van der Waals surface area contributed by atoms with Gasteiger partial charge >= 0.3 is 0 Å². The highest BCUT2D eigenvalue weighted by atomic mass is 16.5. The average Bonchev–Trinajstić information content (AvgIpc) is 2.45. The molecule has 112 valence electrons. The summed E-state index contributed by atoms with van der Waals surface area (Å²) in [4.78, 5) is 0. The summed E-state index contributed by atoms with van der Waals surface area (Å²) in [5, 5.41) is 0. The van der Waals surface area contributed by atoms with Gasteiger partial charge in [0, 0.05) is 12.5 Å². The monoisotopic (exact) mass is 284 g/mol. The Morgan fingerprint density at radius 1 is 0.619 bits per heavy atom. The normalized spacial score (nSPS) is 10.6. The Hall–Kier alpha value is -1.96. The number of hydrogen-bond acceptors (Lipinski definition) is 2. The van der Waals surface area contributed by atoms with Crippen LogP contribution >= 0.6 is 0 Å². The van der Waals surface area contributed by atoms with Crippen molar-refractivity contribution in [1.29, 1.82) is 0 Å². The molecule has 0 N–H and O–H groups in total. The highest BCUT2D eigenvalue weighted by Gasteiger charge is 2.11. The van der Waals surface area contributed by atoms with Gasteiger partial charge in [-0.2, -0.15) is 0 Å². The minimum atomic E-state index is 0.868. The molecule has 0 saturated carbocycles. The third-order valence-corrected chi connectivity index (χ3v) is 4.13. The van der Waals surface area contributed by atoms with Crippen LogP contribution in [0.3, 0.4) is 0 Å². The third-order valence-electron chi connectivity index (χ3n) is 4.13. The Labute approximate surface area is 127 Å². The molecule has 0 aliphatic rings. The first-order valence-corrected chi connectivity index (χ1v) is 7.24. The van der Waals surface area contributed by atoms with Crippen LogP contribution in [0.25, 0.3) is 0 Å². The lowest BCUT2D eigenvalue weighted by atomic mass is 9.94. The summed E-state index contributed by atoms with van der Waals surface area (Å²) in [6.45, 7) is 8.55. The summed E-state index contributed by atoms with van der Waals surface area (Å²) in [5.74, 6) is 1.75. The summed E-state index contributed by atoms with van der Waals surface area (Å²) >= 11 is 0. The second kappa shape index (κ2) is 6.21. The Balaban J connectivity index is 2.44. The smallest absolute Gasteiger partial charge is 0.126 e. The number of rotatable bonds is 4. The van der Waals surface area contributed by atoms with Crippen LogP contribution in [0.2, 0.25) is 0 Å². The van der Waals surface area contributed by atoms with Crippen molar-refractivity contribution in [2.75, 3.05) is 14.2 Å². The van der Waals surface area contributed by atoms with Gasteiger partial charge in [-0.05, 0) is 67.1 Å². The van der Waals surface area contributed by atoms with E-state index in [-0.39, 0.29) is 0 Å². The fraction of sp³-hybridized carbons (Fsp3) is 0.368. The van der Waals surface area contributed by atoms with Gasteiger partial charge in [-0.3, -0.25) is 0 Å². The van der Waals surface area contributed by atoms with Crippen molar-refractivity contribution in [2.24, 2.45) is 0 Å². The van der Waals surface area contributed by atoms with Crippen LogP contribution in [-0.4, -0.2) is 14.2 Å². The van der Waals surface area contributed by atoms with Gasteiger partial charge in [0.15, 0.2) is 0 Å². The van der Waals surface area contributed by atoms with Crippen molar-refractivity contribution < 1.29 is 9.47 Å². The number of ether oxygens (including phenoxy) is 2. The van der Waals surface area contributed by atoms with E-state index < -0.39 is 0 Å². The molecule has 0 aliphatic heterocycles. The molecule has 0 unspecified atom stereocenters. The molecule has 0 radical (unpaired) electrons. The molecule has 2 aromatic carbocycles. The second-order valence-corrected chi connectivity index (χ2v) is 5.67. The molecule has 0 bridgehead atoms. The van der Waals surface area contributed by atoms with E-state index in [1.165, 1.54) is 27.8 Å². The molecule has 2 nitrogen and oxygen atoms in total. The van der Waals surface area contributed by atoms with Crippen LogP contribution in [0.1, 0.15) is 33.4 Å². The van der Waals surface area contributed by atoms with Gasteiger partial charge in [0.05, 0.1) is 14.2 Å². The Morgan fingerprint density at radius 2 is 1.19 bits per heavy atom. The second-order valence-electron chi connectivity index (χ2n) is 5.67. The van der Waals surface area contributed by atoms with Gasteiger partial charge < -0.3 is 9.47 Å². The van der Waals surface area contributed by atoms with Crippen molar-refractivity contribution in [3.8, 4) is 11.5 Å². The number of methoxy groups -OCH3 is 2. The maximum Gasteiger partial charge on any atom is 0.126 e. The highest BCUT2D eigenvalue weighted by molar-refractivity contribution is 5.49. The Bertz CT molecular complexity index is 657. The van der Waals surface area contributed by atoms with Crippen molar-refractivity contribution in [3.63, 3.8) is 0 Å². The zero-order valence-corrected chi connectivity index (χ0v) is 13.8. The summed E-state index contributed by atoms with van der Waals surface area (Å²) in [7, 11) is 3.40. The minimum absolute atomic E-state index is 0.868. The van der Waals surface area contributed by atoms with Gasteiger partial charge in [0.1, 0.15) is 11.5 Å². The van der Waals surface area contributed by atoms with Crippen LogP contribution in [0, 0.1) is 27.7 Å². The maximum absolute atomic E-state index is 5.53.